The van der Waals surface area contributed by atoms with Crippen molar-refractivity contribution in [2.24, 2.45) is 5.92 Å². The third-order valence-corrected chi connectivity index (χ3v) is 6.26. The first-order valence-electron chi connectivity index (χ1n) is 10.7. The number of benzene rings is 1. The van der Waals surface area contributed by atoms with Crippen molar-refractivity contribution in [3.05, 3.63) is 41.5 Å². The Labute approximate surface area is 188 Å². The number of nitrogens with zero attached hydrogens (tertiary/aromatic N) is 3. The van der Waals surface area contributed by atoms with E-state index >= 15 is 0 Å². The summed E-state index contributed by atoms with van der Waals surface area (Å²) in [4.78, 5) is 26.7. The summed E-state index contributed by atoms with van der Waals surface area (Å²) >= 11 is 1.37. The second kappa shape index (κ2) is 10.6. The van der Waals surface area contributed by atoms with Gasteiger partial charge in [-0.25, -0.2) is 0 Å². The molecule has 0 radical (unpaired) electrons. The fourth-order valence-corrected chi connectivity index (χ4v) is 4.27. The predicted molar refractivity (Wildman–Crippen MR) is 126 cm³/mol. The second-order valence-corrected chi connectivity index (χ2v) is 9.25. The van der Waals surface area contributed by atoms with Crippen molar-refractivity contribution in [1.29, 1.82) is 0 Å². The molecule has 2 aromatic rings. The van der Waals surface area contributed by atoms with E-state index in [1.165, 1.54) is 11.8 Å². The first kappa shape index (κ1) is 23.1. The van der Waals surface area contributed by atoms with Gasteiger partial charge in [0.2, 0.25) is 11.8 Å². The fraction of sp³-hybridized carbons (Fsp3) is 0.478. The highest BCUT2D eigenvalue weighted by atomic mass is 32.2. The van der Waals surface area contributed by atoms with Gasteiger partial charge < -0.3 is 15.5 Å². The molecule has 1 aromatic carbocycles. The van der Waals surface area contributed by atoms with Gasteiger partial charge in [0.15, 0.2) is 5.82 Å². The van der Waals surface area contributed by atoms with Crippen molar-refractivity contribution in [2.75, 3.05) is 29.1 Å². The Morgan fingerprint density at radius 1 is 1.10 bits per heavy atom. The molecular weight excluding hydrogens is 410 g/mol. The summed E-state index contributed by atoms with van der Waals surface area (Å²) in [6.45, 7) is 9.51. The van der Waals surface area contributed by atoms with Crippen LogP contribution in [0.1, 0.15) is 37.8 Å². The SMILES string of the molecule is Cc1cccc(C)c1NC(=O)CSc1ccc(N2CCC(C(=O)NC(C)C)CC2)nn1. The maximum atomic E-state index is 12.3. The Morgan fingerprint density at radius 2 is 1.77 bits per heavy atom. The number of thioether (sulfide) groups is 1. The van der Waals surface area contributed by atoms with E-state index in [1.807, 2.05) is 58.0 Å². The highest BCUT2D eigenvalue weighted by Gasteiger charge is 2.26. The summed E-state index contributed by atoms with van der Waals surface area (Å²) in [6.07, 6.45) is 1.63. The zero-order valence-electron chi connectivity index (χ0n) is 18.6. The number of hydrogen-bond acceptors (Lipinski definition) is 6. The van der Waals surface area contributed by atoms with Crippen molar-refractivity contribution in [3.8, 4) is 0 Å². The largest absolute Gasteiger partial charge is 0.355 e. The number of rotatable bonds is 7. The molecule has 0 bridgehead atoms. The normalized spacial score (nSPS) is 14.5. The number of nitrogens with one attached hydrogen (secondary N) is 2. The van der Waals surface area contributed by atoms with Gasteiger partial charge in [-0.1, -0.05) is 30.0 Å². The van der Waals surface area contributed by atoms with Crippen LogP contribution < -0.4 is 15.5 Å². The standard InChI is InChI=1S/C23H31N5O2S/c1-15(2)24-23(30)18-10-12-28(13-11-18)19-8-9-21(27-26-19)31-14-20(29)25-22-16(3)6-5-7-17(22)4/h5-9,15,18H,10-14H2,1-4H3,(H,24,30)(H,25,29). The molecule has 3 rings (SSSR count). The number of piperidine rings is 1. The van der Waals surface area contributed by atoms with Crippen molar-refractivity contribution in [1.82, 2.24) is 15.5 Å². The van der Waals surface area contributed by atoms with Gasteiger partial charge in [-0.15, -0.1) is 10.2 Å². The number of aryl methyl sites for hydroxylation is 2. The van der Waals surface area contributed by atoms with Gasteiger partial charge in [-0.05, 0) is 63.8 Å². The number of carbonyl (C=O) groups is 2. The molecule has 2 heterocycles. The van der Waals surface area contributed by atoms with Crippen LogP contribution in [-0.2, 0) is 9.59 Å². The molecule has 1 aliphatic heterocycles. The van der Waals surface area contributed by atoms with Crippen LogP contribution in [0.4, 0.5) is 11.5 Å². The van der Waals surface area contributed by atoms with Crippen LogP contribution in [0, 0.1) is 19.8 Å². The lowest BCUT2D eigenvalue weighted by molar-refractivity contribution is -0.126. The number of amides is 2. The van der Waals surface area contributed by atoms with Gasteiger partial charge in [0.05, 0.1) is 5.75 Å². The van der Waals surface area contributed by atoms with Gasteiger partial charge in [-0.3, -0.25) is 9.59 Å². The van der Waals surface area contributed by atoms with Crippen LogP contribution >= 0.6 is 11.8 Å². The predicted octanol–water partition coefficient (Wildman–Crippen LogP) is 3.57. The molecule has 0 unspecified atom stereocenters. The molecule has 1 saturated heterocycles. The fourth-order valence-electron chi connectivity index (χ4n) is 3.66. The molecule has 1 aromatic heterocycles. The monoisotopic (exact) mass is 441 g/mol. The third-order valence-electron chi connectivity index (χ3n) is 5.34. The molecule has 0 atom stereocenters. The quantitative estimate of drug-likeness (QED) is 0.639. The molecule has 2 N–H and O–H groups in total. The second-order valence-electron chi connectivity index (χ2n) is 8.26. The minimum atomic E-state index is -0.0602. The van der Waals surface area contributed by atoms with Crippen molar-refractivity contribution in [2.45, 2.75) is 51.6 Å². The van der Waals surface area contributed by atoms with Crippen molar-refractivity contribution >= 4 is 35.1 Å². The molecule has 2 amide bonds. The van der Waals surface area contributed by atoms with E-state index < -0.39 is 0 Å². The van der Waals surface area contributed by atoms with Crippen molar-refractivity contribution < 1.29 is 9.59 Å². The first-order valence-corrected chi connectivity index (χ1v) is 11.7. The zero-order chi connectivity index (χ0) is 22.4. The lowest BCUT2D eigenvalue weighted by atomic mass is 9.95. The summed E-state index contributed by atoms with van der Waals surface area (Å²) < 4.78 is 0. The Morgan fingerprint density at radius 3 is 2.35 bits per heavy atom. The van der Waals surface area contributed by atoms with E-state index in [-0.39, 0.29) is 29.5 Å². The van der Waals surface area contributed by atoms with Gasteiger partial charge in [0.1, 0.15) is 5.03 Å². The molecule has 0 spiro atoms. The topological polar surface area (TPSA) is 87.2 Å². The Bertz CT molecular complexity index is 888. The molecule has 0 aliphatic carbocycles. The Balaban J connectivity index is 1.47. The third kappa shape index (κ3) is 6.43. The minimum Gasteiger partial charge on any atom is -0.355 e. The molecular formula is C23H31N5O2S. The average molecular weight is 442 g/mol. The molecule has 0 saturated carbocycles. The molecule has 1 aliphatic rings. The number of aromatic nitrogens is 2. The van der Waals surface area contributed by atoms with Crippen LogP contribution in [0.2, 0.25) is 0 Å². The molecule has 7 nitrogen and oxygen atoms in total. The first-order chi connectivity index (χ1) is 14.8. The Kier molecular flexibility index (Phi) is 7.90. The number of para-hydroxylation sites is 1. The lowest BCUT2D eigenvalue weighted by Gasteiger charge is -2.32. The smallest absolute Gasteiger partial charge is 0.234 e. The Hall–Kier alpha value is -2.61. The summed E-state index contributed by atoms with van der Waals surface area (Å²) in [5.41, 5.74) is 2.97. The van der Waals surface area contributed by atoms with Crippen LogP contribution in [0.3, 0.4) is 0 Å². The van der Waals surface area contributed by atoms with Crippen molar-refractivity contribution in [3.63, 3.8) is 0 Å². The van der Waals surface area contributed by atoms with Gasteiger partial charge in [-0.2, -0.15) is 0 Å². The summed E-state index contributed by atoms with van der Waals surface area (Å²) in [5.74, 6) is 1.24. The van der Waals surface area contributed by atoms with Crippen LogP contribution in [0.5, 0.6) is 0 Å². The minimum absolute atomic E-state index is 0.0602. The lowest BCUT2D eigenvalue weighted by Crippen LogP contribution is -2.42. The molecule has 8 heteroatoms. The summed E-state index contributed by atoms with van der Waals surface area (Å²) in [6, 6.07) is 9.96. The van der Waals surface area contributed by atoms with Gasteiger partial charge in [0.25, 0.3) is 0 Å². The van der Waals surface area contributed by atoms with Gasteiger partial charge in [0, 0.05) is 30.7 Å². The van der Waals surface area contributed by atoms with E-state index in [1.54, 1.807) is 0 Å². The number of carbonyl (C=O) groups excluding carboxylic acids is 2. The molecule has 31 heavy (non-hydrogen) atoms. The summed E-state index contributed by atoms with van der Waals surface area (Å²) in [7, 11) is 0. The molecule has 166 valence electrons. The van der Waals surface area contributed by atoms with E-state index in [4.69, 9.17) is 0 Å². The summed E-state index contributed by atoms with van der Waals surface area (Å²) in [5, 5.41) is 15.3. The van der Waals surface area contributed by atoms with E-state index in [9.17, 15) is 9.59 Å². The zero-order valence-corrected chi connectivity index (χ0v) is 19.5. The molecule has 1 fully saturated rings. The highest BCUT2D eigenvalue weighted by Crippen LogP contribution is 2.24. The van der Waals surface area contributed by atoms with Crippen LogP contribution in [0.15, 0.2) is 35.4 Å². The highest BCUT2D eigenvalue weighted by molar-refractivity contribution is 7.99. The van der Waals surface area contributed by atoms with Crippen LogP contribution in [0.25, 0.3) is 0 Å². The number of anilines is 2. The maximum absolute atomic E-state index is 12.3. The van der Waals surface area contributed by atoms with Crippen LogP contribution in [-0.4, -0.2) is 46.9 Å². The maximum Gasteiger partial charge on any atom is 0.234 e. The van der Waals surface area contributed by atoms with Gasteiger partial charge >= 0.3 is 0 Å². The average Bonchev–Trinajstić information content (AvgIpc) is 2.75. The number of hydrogen-bond donors (Lipinski definition) is 2. The van der Waals surface area contributed by atoms with E-state index in [0.717, 1.165) is 48.6 Å². The van der Waals surface area contributed by atoms with E-state index in [0.29, 0.717) is 5.03 Å². The van der Waals surface area contributed by atoms with E-state index in [2.05, 4.69) is 25.7 Å².